The lowest BCUT2D eigenvalue weighted by Gasteiger charge is -2.12. The summed E-state index contributed by atoms with van der Waals surface area (Å²) >= 11 is 0. The summed E-state index contributed by atoms with van der Waals surface area (Å²) in [7, 11) is -1.09. The van der Waals surface area contributed by atoms with E-state index in [0.29, 0.717) is 6.54 Å². The molecule has 1 heterocycles. The zero-order chi connectivity index (χ0) is 17.2. The number of carbonyl (C=O) groups is 1. The molecule has 0 aliphatic rings. The predicted molar refractivity (Wildman–Crippen MR) is 87.3 cm³/mol. The fraction of sp³-hybridized carbons (Fsp3) is 0.333. The van der Waals surface area contributed by atoms with Crippen molar-refractivity contribution in [1.82, 2.24) is 18.8 Å². The van der Waals surface area contributed by atoms with Crippen molar-refractivity contribution >= 4 is 16.1 Å². The van der Waals surface area contributed by atoms with Gasteiger partial charge >= 0.3 is 10.2 Å². The Kier molecular flexibility index (Phi) is 4.86. The molecule has 7 nitrogen and oxygen atoms in total. The van der Waals surface area contributed by atoms with E-state index in [1.54, 1.807) is 18.2 Å². The Morgan fingerprint density at radius 2 is 1.96 bits per heavy atom. The molecule has 0 bridgehead atoms. The van der Waals surface area contributed by atoms with Crippen molar-refractivity contribution in [3.8, 4) is 0 Å². The first-order valence-corrected chi connectivity index (χ1v) is 8.47. The second-order valence-corrected chi connectivity index (χ2v) is 7.39. The molecule has 8 heteroatoms. The van der Waals surface area contributed by atoms with Crippen molar-refractivity contribution < 1.29 is 13.2 Å². The number of nitrogens with one attached hydrogen (secondary N) is 1. The average Bonchev–Trinajstić information content (AvgIpc) is 2.76. The van der Waals surface area contributed by atoms with Crippen LogP contribution in [-0.4, -0.2) is 42.5 Å². The predicted octanol–water partition coefficient (Wildman–Crippen LogP) is 1.08. The Hall–Kier alpha value is -2.19. The summed E-state index contributed by atoms with van der Waals surface area (Å²) < 4.78 is 28.2. The van der Waals surface area contributed by atoms with E-state index in [0.717, 1.165) is 21.3 Å². The molecule has 2 rings (SSSR count). The highest BCUT2D eigenvalue weighted by atomic mass is 32.2. The van der Waals surface area contributed by atoms with E-state index in [9.17, 15) is 13.2 Å². The molecule has 1 N–H and O–H groups in total. The average molecular weight is 336 g/mol. The van der Waals surface area contributed by atoms with Gasteiger partial charge in [0, 0.05) is 25.4 Å². The van der Waals surface area contributed by atoms with E-state index < -0.39 is 16.1 Å². The van der Waals surface area contributed by atoms with E-state index in [1.165, 1.54) is 14.1 Å². The molecule has 0 spiro atoms. The molecule has 2 aromatic rings. The van der Waals surface area contributed by atoms with Crippen LogP contribution in [0.5, 0.6) is 0 Å². The first-order chi connectivity index (χ1) is 10.7. The van der Waals surface area contributed by atoms with Gasteiger partial charge < -0.3 is 0 Å². The lowest BCUT2D eigenvalue weighted by atomic mass is 10.1. The van der Waals surface area contributed by atoms with E-state index in [2.05, 4.69) is 5.10 Å². The van der Waals surface area contributed by atoms with Crippen molar-refractivity contribution in [2.24, 2.45) is 0 Å². The van der Waals surface area contributed by atoms with Crippen molar-refractivity contribution in [3.63, 3.8) is 0 Å². The third-order valence-electron chi connectivity index (χ3n) is 3.33. The van der Waals surface area contributed by atoms with Crippen LogP contribution in [0.4, 0.5) is 0 Å². The highest BCUT2D eigenvalue weighted by Gasteiger charge is 2.18. The molecule has 0 saturated heterocycles. The van der Waals surface area contributed by atoms with Gasteiger partial charge in [0.05, 0.1) is 12.2 Å². The van der Waals surface area contributed by atoms with Crippen LogP contribution < -0.4 is 4.72 Å². The number of hydrogen-bond acceptors (Lipinski definition) is 4. The first-order valence-electron chi connectivity index (χ1n) is 7.03. The number of nitrogens with zero attached hydrogens (tertiary/aromatic N) is 3. The minimum Gasteiger partial charge on any atom is -0.268 e. The molecule has 0 saturated carbocycles. The van der Waals surface area contributed by atoms with Crippen molar-refractivity contribution in [3.05, 3.63) is 52.8 Å². The van der Waals surface area contributed by atoms with Crippen LogP contribution in [0.3, 0.4) is 0 Å². The van der Waals surface area contributed by atoms with E-state index >= 15 is 0 Å². The zero-order valence-corrected chi connectivity index (χ0v) is 14.4. The fourth-order valence-corrected chi connectivity index (χ4v) is 2.62. The molecule has 1 aromatic carbocycles. The molecule has 0 fully saturated rings. The SMILES string of the molecule is Cc1cc(C)n(Cc2cccc(C(=O)NS(=O)(=O)N(C)C)c2)n1. The number of amides is 1. The van der Waals surface area contributed by atoms with Crippen LogP contribution in [0.15, 0.2) is 30.3 Å². The Labute approximate surface area is 136 Å². The Bertz CT molecular complexity index is 825. The number of benzene rings is 1. The van der Waals surface area contributed by atoms with Crippen LogP contribution in [0, 0.1) is 13.8 Å². The highest BCUT2D eigenvalue weighted by Crippen LogP contribution is 2.10. The van der Waals surface area contributed by atoms with Gasteiger partial charge in [-0.1, -0.05) is 12.1 Å². The summed E-state index contributed by atoms with van der Waals surface area (Å²) in [5, 5.41) is 4.38. The quantitative estimate of drug-likeness (QED) is 0.886. The van der Waals surface area contributed by atoms with Crippen LogP contribution in [0.1, 0.15) is 27.3 Å². The third-order valence-corrected chi connectivity index (χ3v) is 4.73. The van der Waals surface area contributed by atoms with Gasteiger partial charge in [-0.05, 0) is 37.6 Å². The van der Waals surface area contributed by atoms with Gasteiger partial charge in [-0.3, -0.25) is 9.48 Å². The van der Waals surface area contributed by atoms with E-state index in [1.807, 2.05) is 35.4 Å². The Morgan fingerprint density at radius 3 is 2.52 bits per heavy atom. The number of aryl methyl sites for hydroxylation is 2. The van der Waals surface area contributed by atoms with Gasteiger partial charge in [-0.25, -0.2) is 4.72 Å². The minimum atomic E-state index is -3.80. The van der Waals surface area contributed by atoms with Crippen LogP contribution in [0.25, 0.3) is 0 Å². The Morgan fingerprint density at radius 1 is 1.26 bits per heavy atom. The molecule has 23 heavy (non-hydrogen) atoms. The third kappa shape index (κ3) is 4.17. The standard InChI is InChI=1S/C15H20N4O3S/c1-11-8-12(2)19(16-11)10-13-6-5-7-14(9-13)15(20)17-23(21,22)18(3)4/h5-9H,10H2,1-4H3,(H,17,20). The lowest BCUT2D eigenvalue weighted by Crippen LogP contribution is -2.39. The molecule has 1 amide bonds. The van der Waals surface area contributed by atoms with Gasteiger partial charge in [0.25, 0.3) is 5.91 Å². The summed E-state index contributed by atoms with van der Waals surface area (Å²) in [5.74, 6) is -0.658. The normalized spacial score (nSPS) is 11.7. The molecule has 0 aliphatic heterocycles. The smallest absolute Gasteiger partial charge is 0.268 e. The maximum Gasteiger partial charge on any atom is 0.303 e. The summed E-state index contributed by atoms with van der Waals surface area (Å²) in [6, 6.07) is 8.80. The van der Waals surface area contributed by atoms with Crippen molar-refractivity contribution in [2.45, 2.75) is 20.4 Å². The topological polar surface area (TPSA) is 84.3 Å². The number of hydrogen-bond donors (Lipinski definition) is 1. The molecular formula is C15H20N4O3S. The maximum absolute atomic E-state index is 12.1. The summed E-state index contributed by atoms with van der Waals surface area (Å²) in [6.07, 6.45) is 0. The number of carbonyl (C=O) groups excluding carboxylic acids is 1. The van der Waals surface area contributed by atoms with Gasteiger partial charge in [0.2, 0.25) is 0 Å². The maximum atomic E-state index is 12.1. The van der Waals surface area contributed by atoms with E-state index in [-0.39, 0.29) is 5.56 Å². The second-order valence-electron chi connectivity index (χ2n) is 5.50. The minimum absolute atomic E-state index is 0.287. The number of rotatable bonds is 5. The van der Waals surface area contributed by atoms with Gasteiger partial charge in [-0.2, -0.15) is 17.8 Å². The monoisotopic (exact) mass is 336 g/mol. The second kappa shape index (κ2) is 6.51. The van der Waals surface area contributed by atoms with Crippen molar-refractivity contribution in [2.75, 3.05) is 14.1 Å². The molecule has 0 radical (unpaired) electrons. The number of aromatic nitrogens is 2. The van der Waals surface area contributed by atoms with Crippen LogP contribution in [0.2, 0.25) is 0 Å². The fourth-order valence-electron chi connectivity index (χ4n) is 2.09. The highest BCUT2D eigenvalue weighted by molar-refractivity contribution is 7.87. The lowest BCUT2D eigenvalue weighted by molar-refractivity contribution is 0.0979. The van der Waals surface area contributed by atoms with Crippen LogP contribution in [-0.2, 0) is 16.8 Å². The molecule has 1 aromatic heterocycles. The van der Waals surface area contributed by atoms with Crippen molar-refractivity contribution in [1.29, 1.82) is 0 Å². The molecule has 124 valence electrons. The summed E-state index contributed by atoms with van der Waals surface area (Å²) in [4.78, 5) is 12.1. The Balaban J connectivity index is 2.20. The van der Waals surface area contributed by atoms with Gasteiger partial charge in [0.1, 0.15) is 0 Å². The largest absolute Gasteiger partial charge is 0.303 e. The molecule has 0 atom stereocenters. The van der Waals surface area contributed by atoms with E-state index in [4.69, 9.17) is 0 Å². The zero-order valence-electron chi connectivity index (χ0n) is 13.6. The summed E-state index contributed by atoms with van der Waals surface area (Å²) in [5.41, 5.74) is 3.10. The molecule has 0 unspecified atom stereocenters. The van der Waals surface area contributed by atoms with Crippen LogP contribution >= 0.6 is 0 Å². The first kappa shape index (κ1) is 17.2. The molecule has 0 aliphatic carbocycles. The van der Waals surface area contributed by atoms with Gasteiger partial charge in [-0.15, -0.1) is 0 Å². The molecular weight excluding hydrogens is 316 g/mol. The van der Waals surface area contributed by atoms with Gasteiger partial charge in [0.15, 0.2) is 0 Å². The summed E-state index contributed by atoms with van der Waals surface area (Å²) in [6.45, 7) is 4.39.